The van der Waals surface area contributed by atoms with Crippen LogP contribution >= 0.6 is 0 Å². The normalized spacial score (nSPS) is 10.6. The molecule has 2 rings (SSSR count). The van der Waals surface area contributed by atoms with Gasteiger partial charge in [0, 0.05) is 17.7 Å². The van der Waals surface area contributed by atoms with Crippen molar-refractivity contribution in [1.82, 2.24) is 0 Å². The Bertz CT molecular complexity index is 646. The Kier molecular flexibility index (Phi) is 5.62. The summed E-state index contributed by atoms with van der Waals surface area (Å²) in [6, 6.07) is 6.86. The van der Waals surface area contributed by atoms with E-state index in [9.17, 15) is 5.21 Å². The van der Waals surface area contributed by atoms with E-state index in [1.807, 2.05) is 0 Å². The van der Waals surface area contributed by atoms with Crippen LogP contribution < -0.4 is 18.9 Å². The summed E-state index contributed by atoms with van der Waals surface area (Å²) in [5.74, 6) is 1.63. The van der Waals surface area contributed by atoms with Crippen LogP contribution in [0.3, 0.4) is 0 Å². The van der Waals surface area contributed by atoms with Gasteiger partial charge in [0.1, 0.15) is 6.61 Å². The van der Waals surface area contributed by atoms with Crippen LogP contribution in [0.25, 0.3) is 0 Å². The van der Waals surface area contributed by atoms with E-state index in [0.29, 0.717) is 22.0 Å². The van der Waals surface area contributed by atoms with Crippen LogP contribution in [0.4, 0.5) is 0 Å². The van der Waals surface area contributed by atoms with E-state index in [-0.39, 0.29) is 6.61 Å². The van der Waals surface area contributed by atoms with Crippen molar-refractivity contribution in [2.75, 3.05) is 21.3 Å². The van der Waals surface area contributed by atoms with Gasteiger partial charge in [-0.2, -0.15) is 4.73 Å². The summed E-state index contributed by atoms with van der Waals surface area (Å²) in [7, 11) is 4.65. The van der Waals surface area contributed by atoms with Crippen LogP contribution in [0.2, 0.25) is 0 Å². The zero-order chi connectivity index (χ0) is 16.7. The maximum absolute atomic E-state index is 10.9. The second-order valence-corrected chi connectivity index (χ2v) is 4.53. The fourth-order valence-corrected chi connectivity index (χ4v) is 1.94. The monoisotopic (exact) mass is 318 g/mol. The number of nitrogens with zero attached hydrogens (tertiary/aromatic N) is 2. The van der Waals surface area contributed by atoms with Crippen molar-refractivity contribution < 1.29 is 23.8 Å². The molecule has 0 spiro atoms. The van der Waals surface area contributed by atoms with E-state index in [1.165, 1.54) is 18.6 Å². The van der Waals surface area contributed by atoms with E-state index >= 15 is 0 Å². The molecule has 0 saturated carbocycles. The van der Waals surface area contributed by atoms with Crippen LogP contribution in [-0.2, 0) is 11.4 Å². The molecule has 7 nitrogen and oxygen atoms in total. The third-order valence-electron chi connectivity index (χ3n) is 3.06. The van der Waals surface area contributed by atoms with Gasteiger partial charge in [0.2, 0.25) is 5.75 Å². The van der Waals surface area contributed by atoms with Gasteiger partial charge < -0.3 is 24.3 Å². The number of benzene rings is 1. The van der Waals surface area contributed by atoms with Gasteiger partial charge in [-0.15, -0.1) is 0 Å². The molecule has 0 saturated heterocycles. The van der Waals surface area contributed by atoms with Gasteiger partial charge in [-0.3, -0.25) is 0 Å². The fraction of sp³-hybridized carbons (Fsp3) is 0.250. The quantitative estimate of drug-likeness (QED) is 0.337. The molecule has 0 atom stereocenters. The summed E-state index contributed by atoms with van der Waals surface area (Å²) < 4.78 is 16.5. The Morgan fingerprint density at radius 2 is 1.65 bits per heavy atom. The predicted octanol–water partition coefficient (Wildman–Crippen LogP) is 1.90. The lowest BCUT2D eigenvalue weighted by atomic mass is 10.2. The molecular formula is C16H18N2O5. The first-order chi connectivity index (χ1) is 11.2. The molecule has 0 radical (unpaired) electrons. The standard InChI is InChI=1S/C16H18N2O5/c1-20-14-8-13(9-15(21-2)16(14)22-3)11-23-17-10-12-4-6-18(19)7-5-12/h4-10H,11H2,1-3H3/b17-10-. The third kappa shape index (κ3) is 4.26. The summed E-state index contributed by atoms with van der Waals surface area (Å²) in [5, 5.41) is 14.8. The minimum absolute atomic E-state index is 0.238. The Labute approximate surface area is 134 Å². The molecule has 1 aromatic heterocycles. The van der Waals surface area contributed by atoms with Gasteiger partial charge in [0.05, 0.1) is 27.5 Å². The average molecular weight is 318 g/mol. The molecule has 0 unspecified atom stereocenters. The molecular weight excluding hydrogens is 300 g/mol. The highest BCUT2D eigenvalue weighted by molar-refractivity contribution is 5.78. The number of ether oxygens (including phenoxy) is 3. The van der Waals surface area contributed by atoms with E-state index in [1.54, 1.807) is 45.6 Å². The maximum atomic E-state index is 10.9. The zero-order valence-corrected chi connectivity index (χ0v) is 13.2. The number of hydrogen-bond donors (Lipinski definition) is 0. The van der Waals surface area contributed by atoms with Gasteiger partial charge in [0.25, 0.3) is 0 Å². The van der Waals surface area contributed by atoms with Crippen LogP contribution in [0.5, 0.6) is 17.2 Å². The molecule has 7 heteroatoms. The number of aromatic nitrogens is 1. The highest BCUT2D eigenvalue weighted by Crippen LogP contribution is 2.38. The molecule has 2 aromatic rings. The molecule has 0 aliphatic carbocycles. The van der Waals surface area contributed by atoms with Gasteiger partial charge in [-0.05, 0) is 17.7 Å². The molecule has 0 aliphatic rings. The molecule has 23 heavy (non-hydrogen) atoms. The lowest BCUT2D eigenvalue weighted by Gasteiger charge is -2.13. The van der Waals surface area contributed by atoms with Crippen molar-refractivity contribution in [1.29, 1.82) is 0 Å². The summed E-state index contributed by atoms with van der Waals surface area (Å²) in [4.78, 5) is 5.26. The molecule has 0 N–H and O–H groups in total. The molecule has 0 amide bonds. The number of hydrogen-bond acceptors (Lipinski definition) is 6. The SMILES string of the molecule is COc1cc(CO/N=C\c2cc[n+]([O-])cc2)cc(OC)c1OC. The predicted molar refractivity (Wildman–Crippen MR) is 83.9 cm³/mol. The van der Waals surface area contributed by atoms with Gasteiger partial charge >= 0.3 is 0 Å². The molecule has 0 fully saturated rings. The first-order valence-corrected chi connectivity index (χ1v) is 6.81. The van der Waals surface area contributed by atoms with Crippen molar-refractivity contribution in [3.8, 4) is 17.2 Å². The second-order valence-electron chi connectivity index (χ2n) is 4.53. The highest BCUT2D eigenvalue weighted by atomic mass is 16.6. The van der Waals surface area contributed by atoms with Gasteiger partial charge in [-0.25, -0.2) is 0 Å². The lowest BCUT2D eigenvalue weighted by Crippen LogP contribution is -2.23. The van der Waals surface area contributed by atoms with Crippen molar-refractivity contribution in [3.05, 3.63) is 53.0 Å². The van der Waals surface area contributed by atoms with E-state index < -0.39 is 0 Å². The lowest BCUT2D eigenvalue weighted by molar-refractivity contribution is -0.605. The van der Waals surface area contributed by atoms with Crippen LogP contribution in [0.1, 0.15) is 11.1 Å². The smallest absolute Gasteiger partial charge is 0.203 e. The van der Waals surface area contributed by atoms with Crippen LogP contribution in [-0.4, -0.2) is 27.5 Å². The molecule has 1 aromatic carbocycles. The summed E-state index contributed by atoms with van der Waals surface area (Å²) in [5.41, 5.74) is 1.59. The van der Waals surface area contributed by atoms with Gasteiger partial charge in [0.15, 0.2) is 23.9 Å². The van der Waals surface area contributed by atoms with Crippen molar-refractivity contribution in [2.24, 2.45) is 5.16 Å². The summed E-state index contributed by atoms with van der Waals surface area (Å²) in [6.07, 6.45) is 4.30. The number of methoxy groups -OCH3 is 3. The first-order valence-electron chi connectivity index (χ1n) is 6.81. The molecule has 1 heterocycles. The van der Waals surface area contributed by atoms with Crippen LogP contribution in [0, 0.1) is 5.21 Å². The number of oxime groups is 1. The summed E-state index contributed by atoms with van der Waals surface area (Å²) >= 11 is 0. The van der Waals surface area contributed by atoms with E-state index in [0.717, 1.165) is 11.1 Å². The first kappa shape index (κ1) is 16.4. The highest BCUT2D eigenvalue weighted by Gasteiger charge is 2.13. The third-order valence-corrected chi connectivity index (χ3v) is 3.06. The Morgan fingerprint density at radius 1 is 1.04 bits per heavy atom. The van der Waals surface area contributed by atoms with Crippen molar-refractivity contribution >= 4 is 6.21 Å². The number of rotatable bonds is 7. The molecule has 0 aliphatic heterocycles. The molecule has 0 bridgehead atoms. The Morgan fingerprint density at radius 3 is 2.17 bits per heavy atom. The largest absolute Gasteiger partial charge is 0.619 e. The number of pyridine rings is 1. The fourth-order valence-electron chi connectivity index (χ4n) is 1.94. The Hall–Kier alpha value is -2.96. The minimum atomic E-state index is 0.238. The minimum Gasteiger partial charge on any atom is -0.619 e. The Balaban J connectivity index is 2.04. The zero-order valence-electron chi connectivity index (χ0n) is 13.2. The van der Waals surface area contributed by atoms with Crippen LogP contribution in [0.15, 0.2) is 41.8 Å². The maximum Gasteiger partial charge on any atom is 0.203 e. The average Bonchev–Trinajstić information content (AvgIpc) is 2.59. The van der Waals surface area contributed by atoms with E-state index in [4.69, 9.17) is 19.0 Å². The van der Waals surface area contributed by atoms with Crippen molar-refractivity contribution in [2.45, 2.75) is 6.61 Å². The summed E-state index contributed by atoms with van der Waals surface area (Å²) in [6.45, 7) is 0.238. The second kappa shape index (κ2) is 7.88. The van der Waals surface area contributed by atoms with Crippen molar-refractivity contribution in [3.63, 3.8) is 0 Å². The topological polar surface area (TPSA) is 76.2 Å². The molecule has 122 valence electrons. The van der Waals surface area contributed by atoms with Gasteiger partial charge in [-0.1, -0.05) is 5.16 Å². The van der Waals surface area contributed by atoms with E-state index in [2.05, 4.69) is 5.16 Å².